The molecule has 0 N–H and O–H groups in total. The maximum Gasteiger partial charge on any atom is 0.0252 e. The van der Waals surface area contributed by atoms with E-state index >= 15 is 0 Å². The summed E-state index contributed by atoms with van der Waals surface area (Å²) in [6, 6.07) is 1.97. The van der Waals surface area contributed by atoms with E-state index in [-0.39, 0.29) is 0 Å². The van der Waals surface area contributed by atoms with Crippen molar-refractivity contribution in [2.24, 2.45) is 29.1 Å². The summed E-state index contributed by atoms with van der Waals surface area (Å²) in [5, 5.41) is 0. The van der Waals surface area contributed by atoms with Gasteiger partial charge in [-0.2, -0.15) is 0 Å². The van der Waals surface area contributed by atoms with Gasteiger partial charge in [-0.1, -0.05) is 6.92 Å². The lowest BCUT2D eigenvalue weighted by molar-refractivity contribution is -0.0326. The van der Waals surface area contributed by atoms with Gasteiger partial charge in [0.15, 0.2) is 0 Å². The van der Waals surface area contributed by atoms with Crippen molar-refractivity contribution in [3.05, 3.63) is 0 Å². The highest BCUT2D eigenvalue weighted by atomic mass is 15.3. The zero-order chi connectivity index (χ0) is 12.4. The fourth-order valence-corrected chi connectivity index (χ4v) is 8.56. The third kappa shape index (κ3) is 0.962. The summed E-state index contributed by atoms with van der Waals surface area (Å²) in [6.07, 6.45) is 14.3. The average molecular weight is 257 g/mol. The second-order valence-corrected chi connectivity index (χ2v) is 9.35. The first-order chi connectivity index (χ1) is 9.21. The van der Waals surface area contributed by atoms with Gasteiger partial charge in [-0.05, 0) is 86.9 Å². The Morgan fingerprint density at radius 1 is 0.842 bits per heavy atom. The van der Waals surface area contributed by atoms with E-state index in [1.165, 1.54) is 31.6 Å². The van der Waals surface area contributed by atoms with Crippen LogP contribution in [0.3, 0.4) is 0 Å². The molecule has 104 valence electrons. The summed E-state index contributed by atoms with van der Waals surface area (Å²) >= 11 is 0. The summed E-state index contributed by atoms with van der Waals surface area (Å²) in [5.74, 6) is 4.47. The van der Waals surface area contributed by atoms with E-state index in [9.17, 15) is 0 Å². The van der Waals surface area contributed by atoms with Crippen molar-refractivity contribution >= 4 is 0 Å². The Morgan fingerprint density at radius 3 is 2.32 bits per heavy atom. The average Bonchev–Trinajstić information content (AvgIpc) is 2.96. The molecule has 0 radical (unpaired) electrons. The van der Waals surface area contributed by atoms with Crippen LogP contribution in [0.2, 0.25) is 0 Å². The van der Waals surface area contributed by atoms with Crippen LogP contribution in [0.1, 0.15) is 64.7 Å². The third-order valence-corrected chi connectivity index (χ3v) is 8.87. The van der Waals surface area contributed by atoms with E-state index in [4.69, 9.17) is 0 Å². The smallest absolute Gasteiger partial charge is 0.0252 e. The maximum absolute atomic E-state index is 3.17. The third-order valence-electron chi connectivity index (χ3n) is 8.87. The molecule has 2 aliphatic heterocycles. The molecule has 1 spiro atoms. The predicted molar refractivity (Wildman–Crippen MR) is 75.8 cm³/mol. The predicted octanol–water partition coefficient (Wildman–Crippen LogP) is 3.83. The Hall–Kier alpha value is -0.0400. The number of fused-ring (bicyclic) bond motifs is 6. The lowest BCUT2D eigenvalue weighted by Gasteiger charge is -2.52. The van der Waals surface area contributed by atoms with Crippen LogP contribution in [0.4, 0.5) is 0 Å². The molecule has 6 fully saturated rings. The first-order valence-corrected chi connectivity index (χ1v) is 9.00. The van der Waals surface area contributed by atoms with Gasteiger partial charge >= 0.3 is 0 Å². The second-order valence-electron chi connectivity index (χ2n) is 9.35. The Bertz CT molecular complexity index is 445. The van der Waals surface area contributed by atoms with Gasteiger partial charge in [0.2, 0.25) is 0 Å². The lowest BCUT2D eigenvalue weighted by atomic mass is 9.56. The minimum absolute atomic E-state index is 0.726. The SMILES string of the molecule is CC1C[C@H]2CC[C@@H](C1)N2C12CC3CC4CC1CC43C2. The fourth-order valence-electron chi connectivity index (χ4n) is 8.56. The van der Waals surface area contributed by atoms with Gasteiger partial charge in [0.25, 0.3) is 0 Å². The highest BCUT2D eigenvalue weighted by Crippen LogP contribution is 2.82. The minimum atomic E-state index is 0.726. The number of nitrogens with zero attached hydrogens (tertiary/aromatic N) is 1. The first kappa shape index (κ1) is 10.7. The molecule has 1 nitrogen and oxygen atoms in total. The minimum Gasteiger partial charge on any atom is -0.291 e. The highest BCUT2D eigenvalue weighted by Gasteiger charge is 2.78. The van der Waals surface area contributed by atoms with Gasteiger partial charge in [0, 0.05) is 17.6 Å². The van der Waals surface area contributed by atoms with Crippen molar-refractivity contribution in [2.75, 3.05) is 0 Å². The van der Waals surface area contributed by atoms with Crippen LogP contribution in [0.15, 0.2) is 0 Å². The van der Waals surface area contributed by atoms with Crippen LogP contribution in [-0.2, 0) is 0 Å². The molecule has 19 heavy (non-hydrogen) atoms. The van der Waals surface area contributed by atoms with E-state index in [2.05, 4.69) is 11.8 Å². The number of rotatable bonds is 1. The molecule has 5 bridgehead atoms. The summed E-state index contributed by atoms with van der Waals surface area (Å²) < 4.78 is 0. The van der Waals surface area contributed by atoms with Gasteiger partial charge in [0.1, 0.15) is 0 Å². The van der Waals surface area contributed by atoms with Gasteiger partial charge < -0.3 is 0 Å². The topological polar surface area (TPSA) is 3.24 Å². The lowest BCUT2D eigenvalue weighted by Crippen LogP contribution is -2.58. The molecule has 8 atom stereocenters. The van der Waals surface area contributed by atoms with Gasteiger partial charge in [-0.15, -0.1) is 0 Å². The van der Waals surface area contributed by atoms with E-state index in [0.717, 1.165) is 40.8 Å². The monoisotopic (exact) mass is 257 g/mol. The maximum atomic E-state index is 3.17. The highest BCUT2D eigenvalue weighted by molar-refractivity contribution is 5.30. The van der Waals surface area contributed by atoms with E-state index in [1.54, 1.807) is 32.1 Å². The number of piperidine rings is 1. The van der Waals surface area contributed by atoms with Crippen LogP contribution >= 0.6 is 0 Å². The normalized spacial score (nSPS) is 68.7. The molecule has 1 heteroatoms. The molecule has 0 amide bonds. The van der Waals surface area contributed by atoms with E-state index in [0.29, 0.717) is 0 Å². The Balaban J connectivity index is 1.43. The van der Waals surface area contributed by atoms with Crippen LogP contribution in [0, 0.1) is 29.1 Å². The van der Waals surface area contributed by atoms with Crippen LogP contribution < -0.4 is 0 Å². The molecule has 6 aliphatic rings. The quantitative estimate of drug-likeness (QED) is 0.690. The van der Waals surface area contributed by atoms with E-state index < -0.39 is 0 Å². The summed E-state index contributed by atoms with van der Waals surface area (Å²) in [6.45, 7) is 2.51. The summed E-state index contributed by atoms with van der Waals surface area (Å²) in [5.41, 5.74) is 1.62. The zero-order valence-corrected chi connectivity index (χ0v) is 12.3. The summed E-state index contributed by atoms with van der Waals surface area (Å²) in [7, 11) is 0. The van der Waals surface area contributed by atoms with Crippen molar-refractivity contribution in [3.8, 4) is 0 Å². The zero-order valence-electron chi connectivity index (χ0n) is 12.3. The fraction of sp³-hybridized carbons (Fsp3) is 1.00. The van der Waals surface area contributed by atoms with Gasteiger partial charge in [0.05, 0.1) is 0 Å². The Kier molecular flexibility index (Phi) is 1.65. The van der Waals surface area contributed by atoms with Crippen molar-refractivity contribution < 1.29 is 0 Å². The molecular formula is C18H27N. The van der Waals surface area contributed by atoms with Gasteiger partial charge in [-0.3, -0.25) is 4.90 Å². The molecule has 0 aromatic carbocycles. The molecule has 6 rings (SSSR count). The molecule has 4 saturated carbocycles. The van der Waals surface area contributed by atoms with Crippen molar-refractivity contribution in [2.45, 2.75) is 82.3 Å². The first-order valence-electron chi connectivity index (χ1n) is 9.00. The van der Waals surface area contributed by atoms with E-state index in [1.807, 2.05) is 0 Å². The molecule has 2 saturated heterocycles. The Morgan fingerprint density at radius 2 is 1.58 bits per heavy atom. The second kappa shape index (κ2) is 2.93. The van der Waals surface area contributed by atoms with Crippen LogP contribution in [0.25, 0.3) is 0 Å². The van der Waals surface area contributed by atoms with Crippen molar-refractivity contribution in [1.29, 1.82) is 0 Å². The standard InChI is InChI=1S/C18H27N/c1-11-4-15-2-3-16(5-11)19(15)18-9-13-6-12-7-14(18)8-17(12,13)10-18/h11-16H,2-10H2,1H3/t11?,12?,13?,14?,15-,16+,17?,18?. The van der Waals surface area contributed by atoms with Crippen LogP contribution in [0.5, 0.6) is 0 Å². The van der Waals surface area contributed by atoms with Crippen molar-refractivity contribution in [1.82, 2.24) is 4.90 Å². The molecule has 4 aliphatic carbocycles. The molecule has 0 aromatic rings. The summed E-state index contributed by atoms with van der Waals surface area (Å²) in [4.78, 5) is 3.17. The molecule has 2 heterocycles. The molecule has 6 unspecified atom stereocenters. The largest absolute Gasteiger partial charge is 0.291 e. The van der Waals surface area contributed by atoms with Crippen molar-refractivity contribution in [3.63, 3.8) is 0 Å². The van der Waals surface area contributed by atoms with Crippen LogP contribution in [-0.4, -0.2) is 22.5 Å². The molecule has 0 aromatic heterocycles. The number of hydrogen-bond acceptors (Lipinski definition) is 1. The Labute approximate surface area is 117 Å². The number of hydrogen-bond donors (Lipinski definition) is 0. The molecular weight excluding hydrogens is 230 g/mol. The van der Waals surface area contributed by atoms with Gasteiger partial charge in [-0.25, -0.2) is 0 Å².